The van der Waals surface area contributed by atoms with Crippen molar-refractivity contribution in [1.29, 1.82) is 0 Å². The number of carbonyl (C=O) groups excluding carboxylic acids is 1. The van der Waals surface area contributed by atoms with Gasteiger partial charge < -0.3 is 19.3 Å². The molecule has 0 radical (unpaired) electrons. The van der Waals surface area contributed by atoms with Crippen LogP contribution in [0.15, 0.2) is 48.0 Å². The SMILES string of the molecule is O=C(c1cccs1)N1CCN(c2nccc(-c3ccc4c(c3)OCO4)n2)CC1. The van der Waals surface area contributed by atoms with Crippen molar-refractivity contribution in [3.05, 3.63) is 52.9 Å². The van der Waals surface area contributed by atoms with Crippen molar-refractivity contribution in [3.63, 3.8) is 0 Å². The third-order valence-corrected chi connectivity index (χ3v) is 5.75. The lowest BCUT2D eigenvalue weighted by Crippen LogP contribution is -2.49. The minimum Gasteiger partial charge on any atom is -0.454 e. The zero-order valence-electron chi connectivity index (χ0n) is 15.1. The van der Waals surface area contributed by atoms with Crippen molar-refractivity contribution >= 4 is 23.2 Å². The summed E-state index contributed by atoms with van der Waals surface area (Å²) in [5, 5.41) is 1.93. The van der Waals surface area contributed by atoms with Crippen LogP contribution in [0.4, 0.5) is 5.95 Å². The molecule has 2 aliphatic rings. The number of thiophene rings is 1. The number of nitrogens with zero attached hydrogens (tertiary/aromatic N) is 4. The first-order valence-electron chi connectivity index (χ1n) is 9.09. The van der Waals surface area contributed by atoms with Gasteiger partial charge in [0.25, 0.3) is 5.91 Å². The van der Waals surface area contributed by atoms with Crippen molar-refractivity contribution in [2.75, 3.05) is 37.9 Å². The second-order valence-electron chi connectivity index (χ2n) is 6.57. The first-order chi connectivity index (χ1) is 13.8. The van der Waals surface area contributed by atoms with Gasteiger partial charge in [-0.3, -0.25) is 4.79 Å². The molecule has 0 aliphatic carbocycles. The average Bonchev–Trinajstić information content (AvgIpc) is 3.45. The van der Waals surface area contributed by atoms with Gasteiger partial charge in [-0.2, -0.15) is 0 Å². The molecule has 8 heteroatoms. The molecule has 5 rings (SSSR count). The fraction of sp³-hybridized carbons (Fsp3) is 0.250. The summed E-state index contributed by atoms with van der Waals surface area (Å²) in [6.07, 6.45) is 1.77. The molecule has 1 aromatic carbocycles. The Labute approximate surface area is 166 Å². The Bertz CT molecular complexity index is 1000. The molecule has 28 heavy (non-hydrogen) atoms. The van der Waals surface area contributed by atoms with Gasteiger partial charge in [-0.1, -0.05) is 6.07 Å². The highest BCUT2D eigenvalue weighted by Crippen LogP contribution is 2.35. The Hall–Kier alpha value is -3.13. The van der Waals surface area contributed by atoms with Crippen molar-refractivity contribution in [2.24, 2.45) is 0 Å². The number of carbonyl (C=O) groups is 1. The molecule has 7 nitrogen and oxygen atoms in total. The number of rotatable bonds is 3. The third kappa shape index (κ3) is 3.16. The normalized spacial score (nSPS) is 15.7. The van der Waals surface area contributed by atoms with Gasteiger partial charge in [-0.05, 0) is 35.7 Å². The lowest BCUT2D eigenvalue weighted by atomic mass is 10.1. The zero-order valence-corrected chi connectivity index (χ0v) is 15.9. The Balaban J connectivity index is 1.30. The van der Waals surface area contributed by atoms with Gasteiger partial charge in [0, 0.05) is 37.9 Å². The van der Waals surface area contributed by atoms with Crippen LogP contribution in [-0.2, 0) is 0 Å². The number of hydrogen-bond acceptors (Lipinski definition) is 7. The molecule has 1 fully saturated rings. The van der Waals surface area contributed by atoms with Crippen LogP contribution in [0, 0.1) is 0 Å². The topological polar surface area (TPSA) is 67.8 Å². The fourth-order valence-corrected chi connectivity index (χ4v) is 4.07. The summed E-state index contributed by atoms with van der Waals surface area (Å²) in [5.41, 5.74) is 1.79. The van der Waals surface area contributed by atoms with Gasteiger partial charge in [0.2, 0.25) is 12.7 Å². The Morgan fingerprint density at radius 2 is 1.89 bits per heavy atom. The molecule has 2 aromatic heterocycles. The maximum Gasteiger partial charge on any atom is 0.264 e. The van der Waals surface area contributed by atoms with Crippen molar-refractivity contribution in [2.45, 2.75) is 0 Å². The van der Waals surface area contributed by atoms with E-state index in [-0.39, 0.29) is 12.7 Å². The van der Waals surface area contributed by atoms with Crippen molar-refractivity contribution in [1.82, 2.24) is 14.9 Å². The van der Waals surface area contributed by atoms with Crippen LogP contribution in [-0.4, -0.2) is 53.7 Å². The second kappa shape index (κ2) is 7.12. The highest BCUT2D eigenvalue weighted by molar-refractivity contribution is 7.12. The monoisotopic (exact) mass is 394 g/mol. The van der Waals surface area contributed by atoms with E-state index in [1.807, 2.05) is 46.7 Å². The van der Waals surface area contributed by atoms with Gasteiger partial charge in [0.15, 0.2) is 11.5 Å². The summed E-state index contributed by atoms with van der Waals surface area (Å²) < 4.78 is 10.8. The lowest BCUT2D eigenvalue weighted by Gasteiger charge is -2.34. The maximum atomic E-state index is 12.5. The summed E-state index contributed by atoms with van der Waals surface area (Å²) in [6.45, 7) is 2.99. The number of ether oxygens (including phenoxy) is 2. The van der Waals surface area contributed by atoms with Gasteiger partial charge in [-0.25, -0.2) is 9.97 Å². The molecular formula is C20H18N4O3S. The van der Waals surface area contributed by atoms with E-state index in [2.05, 4.69) is 9.88 Å². The molecule has 0 atom stereocenters. The van der Waals surface area contributed by atoms with Crippen molar-refractivity contribution in [3.8, 4) is 22.8 Å². The van der Waals surface area contributed by atoms with E-state index in [1.165, 1.54) is 11.3 Å². The Morgan fingerprint density at radius 1 is 1.04 bits per heavy atom. The third-order valence-electron chi connectivity index (χ3n) is 4.89. The number of benzene rings is 1. The summed E-state index contributed by atoms with van der Waals surface area (Å²) in [5.74, 6) is 2.27. The van der Waals surface area contributed by atoms with Crippen LogP contribution in [0.2, 0.25) is 0 Å². The number of amides is 1. The van der Waals surface area contributed by atoms with Crippen LogP contribution in [0.1, 0.15) is 9.67 Å². The largest absolute Gasteiger partial charge is 0.454 e. The van der Waals surface area contributed by atoms with Crippen LogP contribution in [0.3, 0.4) is 0 Å². The molecule has 2 aliphatic heterocycles. The number of aromatic nitrogens is 2. The standard InChI is InChI=1S/C20H18N4O3S/c25-19(18-2-1-11-28-18)23-7-9-24(10-8-23)20-21-6-5-15(22-20)14-3-4-16-17(12-14)27-13-26-16/h1-6,11-12H,7-10,13H2. The quantitative estimate of drug-likeness (QED) is 0.681. The molecule has 0 bridgehead atoms. The highest BCUT2D eigenvalue weighted by Gasteiger charge is 2.24. The Kier molecular flexibility index (Phi) is 4.32. The first-order valence-corrected chi connectivity index (χ1v) is 9.97. The van der Waals surface area contributed by atoms with Crippen LogP contribution >= 0.6 is 11.3 Å². The van der Waals surface area contributed by atoms with E-state index in [0.29, 0.717) is 32.1 Å². The summed E-state index contributed by atoms with van der Waals surface area (Å²) in [6, 6.07) is 11.5. The van der Waals surface area contributed by atoms with E-state index in [0.717, 1.165) is 27.6 Å². The molecule has 1 amide bonds. The van der Waals surface area contributed by atoms with Gasteiger partial charge in [0.1, 0.15) is 0 Å². The van der Waals surface area contributed by atoms with Gasteiger partial charge in [0.05, 0.1) is 10.6 Å². The molecular weight excluding hydrogens is 376 g/mol. The van der Waals surface area contributed by atoms with Crippen LogP contribution < -0.4 is 14.4 Å². The maximum absolute atomic E-state index is 12.5. The molecule has 0 N–H and O–H groups in total. The minimum atomic E-state index is 0.102. The van der Waals surface area contributed by atoms with E-state index in [1.54, 1.807) is 6.20 Å². The van der Waals surface area contributed by atoms with Gasteiger partial charge in [-0.15, -0.1) is 11.3 Å². The minimum absolute atomic E-state index is 0.102. The van der Waals surface area contributed by atoms with E-state index in [9.17, 15) is 4.79 Å². The molecule has 142 valence electrons. The fourth-order valence-electron chi connectivity index (χ4n) is 3.38. The predicted octanol–water partition coefficient (Wildman–Crippen LogP) is 2.90. The summed E-state index contributed by atoms with van der Waals surface area (Å²) in [4.78, 5) is 26.5. The summed E-state index contributed by atoms with van der Waals surface area (Å²) >= 11 is 1.48. The van der Waals surface area contributed by atoms with E-state index in [4.69, 9.17) is 14.5 Å². The molecule has 3 aromatic rings. The smallest absolute Gasteiger partial charge is 0.264 e. The van der Waals surface area contributed by atoms with Crippen LogP contribution in [0.5, 0.6) is 11.5 Å². The second-order valence-corrected chi connectivity index (χ2v) is 7.51. The van der Waals surface area contributed by atoms with Crippen molar-refractivity contribution < 1.29 is 14.3 Å². The molecule has 0 unspecified atom stereocenters. The predicted molar refractivity (Wildman–Crippen MR) is 106 cm³/mol. The number of piperazine rings is 1. The zero-order chi connectivity index (χ0) is 18.9. The van der Waals surface area contributed by atoms with E-state index < -0.39 is 0 Å². The molecule has 4 heterocycles. The highest BCUT2D eigenvalue weighted by atomic mass is 32.1. The lowest BCUT2D eigenvalue weighted by molar-refractivity contribution is 0.0751. The van der Waals surface area contributed by atoms with Gasteiger partial charge >= 0.3 is 0 Å². The number of fused-ring (bicyclic) bond motifs is 1. The molecule has 1 saturated heterocycles. The van der Waals surface area contributed by atoms with Crippen LogP contribution in [0.25, 0.3) is 11.3 Å². The average molecular weight is 394 g/mol. The molecule has 0 saturated carbocycles. The number of anilines is 1. The Morgan fingerprint density at radius 3 is 2.71 bits per heavy atom. The number of hydrogen-bond donors (Lipinski definition) is 0. The first kappa shape index (κ1) is 17.0. The summed E-state index contributed by atoms with van der Waals surface area (Å²) in [7, 11) is 0. The van der Waals surface area contributed by atoms with E-state index >= 15 is 0 Å². The molecule has 0 spiro atoms.